The summed E-state index contributed by atoms with van der Waals surface area (Å²) < 4.78 is 0. The van der Waals surface area contributed by atoms with Gasteiger partial charge in [0.15, 0.2) is 0 Å². The Labute approximate surface area is 136 Å². The van der Waals surface area contributed by atoms with Crippen molar-refractivity contribution >= 4 is 29.1 Å². The van der Waals surface area contributed by atoms with Gasteiger partial charge in [-0.2, -0.15) is 0 Å². The lowest BCUT2D eigenvalue weighted by molar-refractivity contribution is 0.00706. The molecule has 3 nitrogen and oxygen atoms in total. The van der Waals surface area contributed by atoms with Crippen LogP contribution >= 0.6 is 23.2 Å². The molecule has 0 bridgehead atoms. The van der Waals surface area contributed by atoms with Crippen molar-refractivity contribution in [2.24, 2.45) is 11.1 Å². The second kappa shape index (κ2) is 5.79. The van der Waals surface area contributed by atoms with Gasteiger partial charge in [-0.25, -0.2) is 0 Å². The summed E-state index contributed by atoms with van der Waals surface area (Å²) in [7, 11) is 0. The molecule has 0 aromatic heterocycles. The fourth-order valence-electron chi connectivity index (χ4n) is 3.16. The number of carbonyl (C=O) groups excluding carboxylic acids is 1. The standard InChI is InChI=1S/C16H22Cl2N2O/c1-4-16(15(2,3)19)8-11(9-16)20-14(21)10-5-6-12(17)13(18)7-10/h5-7,11H,4,8-9,19H2,1-3H3,(H,20,21). The number of nitrogens with one attached hydrogen (secondary N) is 1. The summed E-state index contributed by atoms with van der Waals surface area (Å²) in [5.41, 5.74) is 6.70. The molecule has 0 unspecified atom stereocenters. The van der Waals surface area contributed by atoms with Gasteiger partial charge in [-0.15, -0.1) is 0 Å². The largest absolute Gasteiger partial charge is 0.349 e. The van der Waals surface area contributed by atoms with E-state index in [1.54, 1.807) is 18.2 Å². The first-order valence-electron chi connectivity index (χ1n) is 7.23. The zero-order valence-corrected chi connectivity index (χ0v) is 14.2. The molecular weight excluding hydrogens is 307 g/mol. The van der Waals surface area contributed by atoms with Crippen molar-refractivity contribution in [3.8, 4) is 0 Å². The molecule has 1 aromatic carbocycles. The second-order valence-corrected chi connectivity index (χ2v) is 7.38. The monoisotopic (exact) mass is 328 g/mol. The van der Waals surface area contributed by atoms with Crippen LogP contribution in [0.4, 0.5) is 0 Å². The molecule has 1 saturated carbocycles. The van der Waals surface area contributed by atoms with Crippen LogP contribution in [0.1, 0.15) is 50.4 Å². The minimum Gasteiger partial charge on any atom is -0.349 e. The van der Waals surface area contributed by atoms with E-state index in [9.17, 15) is 4.79 Å². The van der Waals surface area contributed by atoms with Crippen LogP contribution in [0.15, 0.2) is 18.2 Å². The van der Waals surface area contributed by atoms with Crippen LogP contribution in [-0.4, -0.2) is 17.5 Å². The molecule has 1 amide bonds. The fraction of sp³-hybridized carbons (Fsp3) is 0.562. The van der Waals surface area contributed by atoms with E-state index in [2.05, 4.69) is 26.1 Å². The summed E-state index contributed by atoms with van der Waals surface area (Å²) in [5.74, 6) is -0.113. The number of rotatable bonds is 4. The van der Waals surface area contributed by atoms with Crippen molar-refractivity contribution in [2.45, 2.75) is 51.6 Å². The highest BCUT2D eigenvalue weighted by atomic mass is 35.5. The third-order valence-corrected chi connectivity index (χ3v) is 5.57. The predicted molar refractivity (Wildman–Crippen MR) is 87.9 cm³/mol. The van der Waals surface area contributed by atoms with Crippen LogP contribution < -0.4 is 11.1 Å². The van der Waals surface area contributed by atoms with E-state index in [1.807, 2.05) is 0 Å². The van der Waals surface area contributed by atoms with Gasteiger partial charge in [0.2, 0.25) is 0 Å². The van der Waals surface area contributed by atoms with Crippen LogP contribution in [0.5, 0.6) is 0 Å². The van der Waals surface area contributed by atoms with Crippen molar-refractivity contribution in [3.63, 3.8) is 0 Å². The van der Waals surface area contributed by atoms with Crippen molar-refractivity contribution in [1.82, 2.24) is 5.32 Å². The summed E-state index contributed by atoms with van der Waals surface area (Å²) in [6.45, 7) is 6.28. The van der Waals surface area contributed by atoms with E-state index in [-0.39, 0.29) is 22.9 Å². The molecule has 116 valence electrons. The van der Waals surface area contributed by atoms with Crippen LogP contribution in [0.25, 0.3) is 0 Å². The Morgan fingerprint density at radius 2 is 2.00 bits per heavy atom. The second-order valence-electron chi connectivity index (χ2n) is 6.56. The van der Waals surface area contributed by atoms with Crippen molar-refractivity contribution in [1.29, 1.82) is 0 Å². The van der Waals surface area contributed by atoms with Gasteiger partial charge in [0.05, 0.1) is 10.0 Å². The average Bonchev–Trinajstić information content (AvgIpc) is 2.34. The number of halogens is 2. The smallest absolute Gasteiger partial charge is 0.251 e. The molecule has 0 spiro atoms. The third-order valence-electron chi connectivity index (χ3n) is 4.83. The summed E-state index contributed by atoms with van der Waals surface area (Å²) in [6.07, 6.45) is 2.86. The Kier molecular flexibility index (Phi) is 4.57. The van der Waals surface area contributed by atoms with Gasteiger partial charge >= 0.3 is 0 Å². The van der Waals surface area contributed by atoms with E-state index >= 15 is 0 Å². The molecule has 1 aromatic rings. The maximum absolute atomic E-state index is 12.2. The van der Waals surface area contributed by atoms with Gasteiger partial charge in [0.25, 0.3) is 5.91 Å². The highest BCUT2D eigenvalue weighted by Gasteiger charge is 2.51. The van der Waals surface area contributed by atoms with Crippen LogP contribution in [0.3, 0.4) is 0 Å². The van der Waals surface area contributed by atoms with E-state index in [0.717, 1.165) is 19.3 Å². The number of nitrogens with two attached hydrogens (primary N) is 1. The Bertz CT molecular complexity index is 546. The maximum Gasteiger partial charge on any atom is 0.251 e. The lowest BCUT2D eigenvalue weighted by atomic mass is 9.55. The summed E-state index contributed by atoms with van der Waals surface area (Å²) in [6, 6.07) is 5.09. The molecule has 3 N–H and O–H groups in total. The zero-order valence-electron chi connectivity index (χ0n) is 12.7. The van der Waals surface area contributed by atoms with E-state index in [0.29, 0.717) is 15.6 Å². The molecule has 0 atom stereocenters. The Morgan fingerprint density at radius 1 is 1.38 bits per heavy atom. The predicted octanol–water partition coefficient (Wildman–Crippen LogP) is 4.02. The molecule has 2 rings (SSSR count). The summed E-state index contributed by atoms with van der Waals surface area (Å²) in [5, 5.41) is 3.89. The van der Waals surface area contributed by atoms with Crippen molar-refractivity contribution in [2.75, 3.05) is 0 Å². The van der Waals surface area contributed by atoms with Crippen LogP contribution in [0.2, 0.25) is 10.0 Å². The average molecular weight is 329 g/mol. The lowest BCUT2D eigenvalue weighted by Gasteiger charge is -2.55. The SMILES string of the molecule is CCC1(C(C)(C)N)CC(NC(=O)c2ccc(Cl)c(Cl)c2)C1. The third kappa shape index (κ3) is 3.20. The molecule has 1 fully saturated rings. The van der Waals surface area contributed by atoms with E-state index in [1.165, 1.54) is 0 Å². The Morgan fingerprint density at radius 3 is 2.48 bits per heavy atom. The van der Waals surface area contributed by atoms with Crippen LogP contribution in [0, 0.1) is 5.41 Å². The van der Waals surface area contributed by atoms with Gasteiger partial charge in [0.1, 0.15) is 0 Å². The fourth-order valence-corrected chi connectivity index (χ4v) is 3.46. The minimum absolute atomic E-state index is 0.113. The molecule has 0 aliphatic heterocycles. The molecule has 1 aliphatic carbocycles. The van der Waals surface area contributed by atoms with Crippen molar-refractivity contribution < 1.29 is 4.79 Å². The minimum atomic E-state index is -0.230. The van der Waals surface area contributed by atoms with Gasteiger partial charge < -0.3 is 11.1 Å². The molecule has 21 heavy (non-hydrogen) atoms. The molecular formula is C16H22Cl2N2O. The number of carbonyl (C=O) groups is 1. The molecule has 0 saturated heterocycles. The van der Waals surface area contributed by atoms with E-state index in [4.69, 9.17) is 28.9 Å². The van der Waals surface area contributed by atoms with E-state index < -0.39 is 0 Å². The first-order valence-corrected chi connectivity index (χ1v) is 7.99. The normalized spacial score (nSPS) is 25.3. The zero-order chi connectivity index (χ0) is 15.8. The summed E-state index contributed by atoms with van der Waals surface area (Å²) in [4.78, 5) is 12.2. The lowest BCUT2D eigenvalue weighted by Crippen LogP contribution is -2.62. The number of amides is 1. The number of benzene rings is 1. The number of hydrogen-bond acceptors (Lipinski definition) is 2. The highest BCUT2D eigenvalue weighted by Crippen LogP contribution is 2.50. The van der Waals surface area contributed by atoms with Gasteiger partial charge in [-0.05, 0) is 56.7 Å². The van der Waals surface area contributed by atoms with Gasteiger partial charge in [0, 0.05) is 17.1 Å². The first-order chi connectivity index (χ1) is 9.68. The molecule has 5 heteroatoms. The topological polar surface area (TPSA) is 55.1 Å². The number of hydrogen-bond donors (Lipinski definition) is 2. The first kappa shape index (κ1) is 16.6. The van der Waals surface area contributed by atoms with Gasteiger partial charge in [-0.3, -0.25) is 4.79 Å². The Balaban J connectivity index is 1.98. The van der Waals surface area contributed by atoms with Crippen LogP contribution in [-0.2, 0) is 0 Å². The quantitative estimate of drug-likeness (QED) is 0.876. The van der Waals surface area contributed by atoms with Gasteiger partial charge in [-0.1, -0.05) is 30.1 Å². The highest BCUT2D eigenvalue weighted by molar-refractivity contribution is 6.42. The maximum atomic E-state index is 12.2. The summed E-state index contributed by atoms with van der Waals surface area (Å²) >= 11 is 11.8. The molecule has 1 aliphatic rings. The molecule has 0 heterocycles. The molecule has 0 radical (unpaired) electrons. The Hall–Kier alpha value is -0.770. The van der Waals surface area contributed by atoms with Crippen molar-refractivity contribution in [3.05, 3.63) is 33.8 Å².